The molecule has 1 amide bonds. The van der Waals surface area contributed by atoms with E-state index >= 15 is 0 Å². The molecule has 0 aromatic heterocycles. The second-order valence-electron chi connectivity index (χ2n) is 7.00. The highest BCUT2D eigenvalue weighted by molar-refractivity contribution is 5.80. The molecule has 156 valence electrons. The third-order valence-electron chi connectivity index (χ3n) is 4.50. The third-order valence-corrected chi connectivity index (χ3v) is 4.50. The fourth-order valence-corrected chi connectivity index (χ4v) is 3.03. The van der Waals surface area contributed by atoms with Gasteiger partial charge >= 0.3 is 0 Å². The van der Waals surface area contributed by atoms with Crippen LogP contribution in [0.5, 0.6) is 23.0 Å². The lowest BCUT2D eigenvalue weighted by Crippen LogP contribution is -2.35. The molecule has 29 heavy (non-hydrogen) atoms. The van der Waals surface area contributed by atoms with E-state index in [4.69, 9.17) is 18.9 Å². The van der Waals surface area contributed by atoms with Gasteiger partial charge in [-0.15, -0.1) is 0 Å². The Labute approximate surface area is 171 Å². The van der Waals surface area contributed by atoms with Gasteiger partial charge in [0.2, 0.25) is 6.79 Å². The van der Waals surface area contributed by atoms with Gasteiger partial charge in [-0.1, -0.05) is 12.1 Å². The number of benzene rings is 2. The highest BCUT2D eigenvalue weighted by Gasteiger charge is 2.19. The van der Waals surface area contributed by atoms with E-state index < -0.39 is 6.10 Å². The number of nitrogens with one attached hydrogen (secondary N) is 1. The maximum absolute atomic E-state index is 12.1. The number of amides is 1. The molecule has 2 aromatic rings. The van der Waals surface area contributed by atoms with Crippen molar-refractivity contribution < 1.29 is 23.7 Å². The van der Waals surface area contributed by atoms with Gasteiger partial charge in [0.05, 0.1) is 6.61 Å². The summed E-state index contributed by atoms with van der Waals surface area (Å²) in [6.45, 7) is 5.82. The molecule has 0 aliphatic carbocycles. The Morgan fingerprint density at radius 3 is 2.48 bits per heavy atom. The molecule has 0 saturated heterocycles. The molecule has 3 rings (SSSR count). The van der Waals surface area contributed by atoms with Crippen molar-refractivity contribution in [2.75, 3.05) is 27.5 Å². The summed E-state index contributed by atoms with van der Waals surface area (Å²) >= 11 is 0. The summed E-state index contributed by atoms with van der Waals surface area (Å²) < 4.78 is 22.3. The van der Waals surface area contributed by atoms with Crippen LogP contribution in [0.25, 0.3) is 0 Å². The molecule has 1 aliphatic rings. The van der Waals surface area contributed by atoms with Crippen LogP contribution < -0.4 is 24.3 Å². The Hall–Kier alpha value is -2.93. The van der Waals surface area contributed by atoms with Crippen LogP contribution in [0.1, 0.15) is 25.0 Å². The van der Waals surface area contributed by atoms with E-state index in [0.717, 1.165) is 22.6 Å². The predicted octanol–water partition coefficient (Wildman–Crippen LogP) is 2.96. The predicted molar refractivity (Wildman–Crippen MR) is 110 cm³/mol. The minimum atomic E-state index is -0.584. The molecule has 1 heterocycles. The third kappa shape index (κ3) is 5.32. The summed E-state index contributed by atoms with van der Waals surface area (Å²) in [5.74, 6) is 2.67. The fourth-order valence-electron chi connectivity index (χ4n) is 3.03. The van der Waals surface area contributed by atoms with Crippen LogP contribution in [0.15, 0.2) is 36.4 Å². The summed E-state index contributed by atoms with van der Waals surface area (Å²) in [6.07, 6.45) is -0.584. The van der Waals surface area contributed by atoms with Gasteiger partial charge in [0.15, 0.2) is 29.1 Å². The number of hydrogen-bond donors (Lipinski definition) is 1. The maximum atomic E-state index is 12.1. The van der Waals surface area contributed by atoms with Gasteiger partial charge < -0.3 is 29.2 Å². The van der Waals surface area contributed by atoms with Crippen LogP contribution in [-0.2, 0) is 17.9 Å². The Morgan fingerprint density at radius 1 is 1.07 bits per heavy atom. The van der Waals surface area contributed by atoms with E-state index in [1.807, 2.05) is 43.3 Å². The second-order valence-corrected chi connectivity index (χ2v) is 7.00. The Balaban J connectivity index is 1.61. The number of nitrogens with zero attached hydrogens (tertiary/aromatic N) is 1. The second kappa shape index (κ2) is 9.52. The molecule has 0 fully saturated rings. The average molecular weight is 400 g/mol. The Morgan fingerprint density at radius 2 is 1.76 bits per heavy atom. The van der Waals surface area contributed by atoms with Crippen LogP contribution in [0.4, 0.5) is 0 Å². The van der Waals surface area contributed by atoms with E-state index in [-0.39, 0.29) is 12.7 Å². The standard InChI is InChI=1S/C22H28N2O5/c1-5-26-21-11-17(7-9-19(21)29-15(2)22(25)24(3)4)13-23-12-16-6-8-18-20(10-16)28-14-27-18/h6-11,15,23H,5,12-14H2,1-4H3/t15-/m0/s1. The molecule has 1 N–H and O–H groups in total. The molecule has 7 heteroatoms. The molecule has 0 spiro atoms. The molecule has 0 saturated carbocycles. The van der Waals surface area contributed by atoms with Crippen molar-refractivity contribution in [1.29, 1.82) is 0 Å². The normalized spacial score (nSPS) is 13.1. The first-order valence-electron chi connectivity index (χ1n) is 9.70. The lowest BCUT2D eigenvalue weighted by molar-refractivity contribution is -0.135. The number of rotatable bonds is 9. The average Bonchev–Trinajstić information content (AvgIpc) is 3.17. The van der Waals surface area contributed by atoms with Crippen LogP contribution in [0, 0.1) is 0 Å². The number of ether oxygens (including phenoxy) is 4. The van der Waals surface area contributed by atoms with E-state index in [9.17, 15) is 4.79 Å². The molecular weight excluding hydrogens is 372 g/mol. The smallest absolute Gasteiger partial charge is 0.262 e. The minimum absolute atomic E-state index is 0.0954. The van der Waals surface area contributed by atoms with Gasteiger partial charge in [0, 0.05) is 27.2 Å². The molecular formula is C22H28N2O5. The van der Waals surface area contributed by atoms with Crippen molar-refractivity contribution in [1.82, 2.24) is 10.2 Å². The van der Waals surface area contributed by atoms with Crippen LogP contribution in [-0.4, -0.2) is 44.4 Å². The highest BCUT2D eigenvalue weighted by Crippen LogP contribution is 2.32. The number of carbonyl (C=O) groups is 1. The van der Waals surface area contributed by atoms with Gasteiger partial charge in [-0.3, -0.25) is 4.79 Å². The molecule has 0 radical (unpaired) electrons. The quantitative estimate of drug-likeness (QED) is 0.698. The molecule has 0 unspecified atom stereocenters. The SMILES string of the molecule is CCOc1cc(CNCc2ccc3c(c2)OCO3)ccc1O[C@@H](C)C(=O)N(C)C. The van der Waals surface area contributed by atoms with Crippen molar-refractivity contribution >= 4 is 5.91 Å². The highest BCUT2D eigenvalue weighted by atomic mass is 16.7. The van der Waals surface area contributed by atoms with Crippen molar-refractivity contribution in [3.05, 3.63) is 47.5 Å². The first-order valence-corrected chi connectivity index (χ1v) is 9.70. The zero-order valence-corrected chi connectivity index (χ0v) is 17.4. The first kappa shape index (κ1) is 20.8. The number of likely N-dealkylation sites (N-methyl/N-ethyl adjacent to an activating group) is 1. The van der Waals surface area contributed by atoms with Crippen molar-refractivity contribution in [3.63, 3.8) is 0 Å². The number of fused-ring (bicyclic) bond motifs is 1. The zero-order chi connectivity index (χ0) is 20.8. The molecule has 1 aliphatic heterocycles. The topological polar surface area (TPSA) is 69.3 Å². The maximum Gasteiger partial charge on any atom is 0.262 e. The van der Waals surface area contributed by atoms with Gasteiger partial charge in [-0.2, -0.15) is 0 Å². The Kier molecular flexibility index (Phi) is 6.82. The number of carbonyl (C=O) groups excluding carboxylic acids is 1. The van der Waals surface area contributed by atoms with Crippen LogP contribution in [0.2, 0.25) is 0 Å². The minimum Gasteiger partial charge on any atom is -0.490 e. The van der Waals surface area contributed by atoms with E-state index in [2.05, 4.69) is 5.32 Å². The summed E-state index contributed by atoms with van der Waals surface area (Å²) in [5.41, 5.74) is 2.18. The largest absolute Gasteiger partial charge is 0.490 e. The van der Waals surface area contributed by atoms with Gasteiger partial charge in [0.1, 0.15) is 0 Å². The van der Waals surface area contributed by atoms with E-state index in [0.29, 0.717) is 31.2 Å². The summed E-state index contributed by atoms with van der Waals surface area (Å²) in [4.78, 5) is 13.6. The van der Waals surface area contributed by atoms with Crippen LogP contribution >= 0.6 is 0 Å². The van der Waals surface area contributed by atoms with Crippen molar-refractivity contribution in [2.24, 2.45) is 0 Å². The molecule has 1 atom stereocenters. The molecule has 7 nitrogen and oxygen atoms in total. The summed E-state index contributed by atoms with van der Waals surface area (Å²) in [6, 6.07) is 11.7. The van der Waals surface area contributed by atoms with Gasteiger partial charge in [-0.25, -0.2) is 0 Å². The molecule has 2 aromatic carbocycles. The van der Waals surface area contributed by atoms with Gasteiger partial charge in [-0.05, 0) is 49.2 Å². The monoisotopic (exact) mass is 400 g/mol. The number of hydrogen-bond acceptors (Lipinski definition) is 6. The zero-order valence-electron chi connectivity index (χ0n) is 17.4. The van der Waals surface area contributed by atoms with Crippen molar-refractivity contribution in [2.45, 2.75) is 33.0 Å². The lowest BCUT2D eigenvalue weighted by atomic mass is 10.1. The lowest BCUT2D eigenvalue weighted by Gasteiger charge is -2.20. The van der Waals surface area contributed by atoms with E-state index in [1.54, 1.807) is 21.0 Å². The van der Waals surface area contributed by atoms with E-state index in [1.165, 1.54) is 4.90 Å². The summed E-state index contributed by atoms with van der Waals surface area (Å²) in [7, 11) is 3.42. The van der Waals surface area contributed by atoms with Crippen molar-refractivity contribution in [3.8, 4) is 23.0 Å². The first-order chi connectivity index (χ1) is 14.0. The van der Waals surface area contributed by atoms with Crippen LogP contribution in [0.3, 0.4) is 0 Å². The summed E-state index contributed by atoms with van der Waals surface area (Å²) in [5, 5.41) is 3.42. The Bertz CT molecular complexity index is 853. The fraction of sp³-hybridized carbons (Fsp3) is 0.409. The molecule has 0 bridgehead atoms. The van der Waals surface area contributed by atoms with Gasteiger partial charge in [0.25, 0.3) is 5.91 Å².